The maximum atomic E-state index is 13.1. The van der Waals surface area contributed by atoms with Crippen LogP contribution in [0.4, 0.5) is 0 Å². The van der Waals surface area contributed by atoms with Crippen LogP contribution in [0, 0.1) is 5.92 Å². The summed E-state index contributed by atoms with van der Waals surface area (Å²) in [6.07, 6.45) is 56.1. The highest BCUT2D eigenvalue weighted by molar-refractivity contribution is 7.47. The van der Waals surface area contributed by atoms with Crippen molar-refractivity contribution in [2.45, 2.75) is 406 Å². The summed E-state index contributed by atoms with van der Waals surface area (Å²) in [6.45, 7) is 7.20. The maximum absolute atomic E-state index is 13.1. The molecule has 0 heterocycles. The number of hydrogen-bond donors (Lipinski definition) is 3. The molecule has 0 aromatic carbocycles. The number of rotatable bonds is 74. The van der Waals surface area contributed by atoms with E-state index in [1.807, 2.05) is 0 Å². The third-order valence-corrected chi connectivity index (χ3v) is 19.2. The van der Waals surface area contributed by atoms with Crippen LogP contribution < -0.4 is 0 Å². The van der Waals surface area contributed by atoms with Gasteiger partial charge in [0, 0.05) is 25.7 Å². The third kappa shape index (κ3) is 68.4. The normalized spacial score (nSPS) is 14.0. The van der Waals surface area contributed by atoms with Crippen molar-refractivity contribution < 1.29 is 80.2 Å². The van der Waals surface area contributed by atoms with E-state index >= 15 is 0 Å². The molecule has 19 heteroatoms. The second-order valence-corrected chi connectivity index (χ2v) is 30.1. The number of hydrogen-bond acceptors (Lipinski definition) is 15. The largest absolute Gasteiger partial charge is 0.472 e. The summed E-state index contributed by atoms with van der Waals surface area (Å²) in [5.41, 5.74) is 0. The van der Waals surface area contributed by atoms with Crippen molar-refractivity contribution in [1.29, 1.82) is 0 Å². The summed E-state index contributed by atoms with van der Waals surface area (Å²) in [5.74, 6) is -1.33. The van der Waals surface area contributed by atoms with E-state index < -0.39 is 97.5 Å². The van der Waals surface area contributed by atoms with Crippen molar-refractivity contribution in [3.8, 4) is 0 Å². The Labute approximate surface area is 568 Å². The first-order valence-corrected chi connectivity index (χ1v) is 41.6. The molecule has 0 spiro atoms. The Morgan fingerprint density at radius 1 is 0.290 bits per heavy atom. The zero-order valence-corrected chi connectivity index (χ0v) is 62.2. The van der Waals surface area contributed by atoms with Gasteiger partial charge in [-0.15, -0.1) is 0 Å². The van der Waals surface area contributed by atoms with Gasteiger partial charge in [-0.05, 0) is 31.6 Å². The number of unbranched alkanes of at least 4 members (excludes halogenated alkanes) is 46. The smallest absolute Gasteiger partial charge is 0.462 e. The molecule has 0 bridgehead atoms. The maximum Gasteiger partial charge on any atom is 0.472 e. The molecule has 0 amide bonds. The van der Waals surface area contributed by atoms with Gasteiger partial charge in [-0.1, -0.05) is 336 Å². The molecule has 0 radical (unpaired) electrons. The second kappa shape index (κ2) is 67.3. The molecule has 0 aliphatic carbocycles. The van der Waals surface area contributed by atoms with E-state index in [1.165, 1.54) is 186 Å². The summed E-state index contributed by atoms with van der Waals surface area (Å²) in [7, 11) is -9.89. The molecule has 93 heavy (non-hydrogen) atoms. The lowest BCUT2D eigenvalue weighted by Crippen LogP contribution is -2.30. The summed E-state index contributed by atoms with van der Waals surface area (Å²) >= 11 is 0. The standard InChI is InChI=1S/C74H144O17P2/c1-6-9-12-15-18-19-20-21-22-23-24-25-26-27-28-29-34-37-40-45-50-55-60-74(79)91-70(64-85-72(77)58-53-48-44-39-36-33-31-30-32-35-38-43-46-51-56-67(4)5)66-89-93(82,83)87-62-68(75)61-86-92(80,81)88-65-69(90-73(78)59-54-49-42-17-14-11-8-3)63-84-71(76)57-52-47-41-16-13-10-7-2/h67-70,75H,6-66H2,1-5H3,(H,80,81)(H,82,83)/t68-,69+,70+/m0/s1. The first-order chi connectivity index (χ1) is 45.0. The van der Waals surface area contributed by atoms with Crippen LogP contribution in [0.5, 0.6) is 0 Å². The molecule has 0 aliphatic rings. The predicted molar refractivity (Wildman–Crippen MR) is 377 cm³/mol. The van der Waals surface area contributed by atoms with Crippen LogP contribution in [0.2, 0.25) is 0 Å². The highest BCUT2D eigenvalue weighted by Gasteiger charge is 2.30. The number of esters is 4. The molecule has 3 N–H and O–H groups in total. The van der Waals surface area contributed by atoms with E-state index in [0.717, 1.165) is 121 Å². The molecule has 0 saturated heterocycles. The van der Waals surface area contributed by atoms with Crippen LogP contribution in [0.25, 0.3) is 0 Å². The van der Waals surface area contributed by atoms with Gasteiger partial charge in [0.2, 0.25) is 0 Å². The van der Waals surface area contributed by atoms with Crippen LogP contribution >= 0.6 is 15.6 Å². The van der Waals surface area contributed by atoms with Crippen LogP contribution in [0.15, 0.2) is 0 Å². The third-order valence-electron chi connectivity index (χ3n) is 17.3. The number of carbonyl (C=O) groups excluding carboxylic acids is 4. The van der Waals surface area contributed by atoms with E-state index in [9.17, 15) is 43.2 Å². The topological polar surface area (TPSA) is 237 Å². The Balaban J connectivity index is 5.10. The van der Waals surface area contributed by atoms with Crippen molar-refractivity contribution in [3.05, 3.63) is 0 Å². The van der Waals surface area contributed by atoms with E-state index in [0.29, 0.717) is 25.7 Å². The van der Waals surface area contributed by atoms with Crippen molar-refractivity contribution >= 4 is 39.5 Å². The lowest BCUT2D eigenvalue weighted by atomic mass is 10.0. The molecule has 552 valence electrons. The molecule has 0 saturated carbocycles. The fourth-order valence-corrected chi connectivity index (χ4v) is 12.9. The fourth-order valence-electron chi connectivity index (χ4n) is 11.4. The molecular formula is C74H144O17P2. The van der Waals surface area contributed by atoms with E-state index in [1.54, 1.807) is 0 Å². The number of phosphoric ester groups is 2. The Hall–Kier alpha value is -1.94. The minimum Gasteiger partial charge on any atom is -0.462 e. The van der Waals surface area contributed by atoms with E-state index in [-0.39, 0.29) is 25.7 Å². The molecule has 0 aromatic rings. The van der Waals surface area contributed by atoms with Crippen molar-refractivity contribution in [2.24, 2.45) is 5.92 Å². The quantitative estimate of drug-likeness (QED) is 0.0222. The Morgan fingerprint density at radius 2 is 0.495 bits per heavy atom. The van der Waals surface area contributed by atoms with E-state index in [2.05, 4.69) is 34.6 Å². The first-order valence-electron chi connectivity index (χ1n) is 38.6. The van der Waals surface area contributed by atoms with Gasteiger partial charge in [0.25, 0.3) is 0 Å². The van der Waals surface area contributed by atoms with Gasteiger partial charge in [0.15, 0.2) is 12.2 Å². The molecule has 0 aliphatic heterocycles. The molecule has 2 unspecified atom stereocenters. The second-order valence-electron chi connectivity index (χ2n) is 27.2. The average Bonchev–Trinajstić information content (AvgIpc) is 2.61. The van der Waals surface area contributed by atoms with Crippen LogP contribution in [-0.4, -0.2) is 96.7 Å². The highest BCUT2D eigenvalue weighted by atomic mass is 31.2. The van der Waals surface area contributed by atoms with Gasteiger partial charge in [0.1, 0.15) is 19.3 Å². The predicted octanol–water partition coefficient (Wildman–Crippen LogP) is 21.7. The molecule has 0 rings (SSSR count). The van der Waals surface area contributed by atoms with Gasteiger partial charge in [0.05, 0.1) is 26.4 Å². The average molecular weight is 1370 g/mol. The number of aliphatic hydroxyl groups excluding tert-OH is 1. The number of carbonyl (C=O) groups is 4. The Kier molecular flexibility index (Phi) is 65.9. The molecule has 0 fully saturated rings. The lowest BCUT2D eigenvalue weighted by Gasteiger charge is -2.21. The Morgan fingerprint density at radius 3 is 0.731 bits per heavy atom. The van der Waals surface area contributed by atoms with Gasteiger partial charge in [-0.25, -0.2) is 9.13 Å². The SMILES string of the molecule is CCCCCCCCCCCCCCCCCCCCCCCCC(=O)O[C@H](COC(=O)CCCCCCCCCCCCCCCCC(C)C)COP(=O)(O)OC[C@@H](O)COP(=O)(O)OC[C@@H](COC(=O)CCCCCCCCC)OC(=O)CCCCCCCCC. The van der Waals surface area contributed by atoms with Crippen LogP contribution in [-0.2, 0) is 65.4 Å². The van der Waals surface area contributed by atoms with Gasteiger partial charge in [-0.2, -0.15) is 0 Å². The molecule has 17 nitrogen and oxygen atoms in total. The van der Waals surface area contributed by atoms with Gasteiger partial charge >= 0.3 is 39.5 Å². The zero-order valence-electron chi connectivity index (χ0n) is 60.4. The van der Waals surface area contributed by atoms with Crippen molar-refractivity contribution in [2.75, 3.05) is 39.6 Å². The lowest BCUT2D eigenvalue weighted by molar-refractivity contribution is -0.161. The van der Waals surface area contributed by atoms with Crippen molar-refractivity contribution in [1.82, 2.24) is 0 Å². The summed E-state index contributed by atoms with van der Waals surface area (Å²) in [4.78, 5) is 72.4. The summed E-state index contributed by atoms with van der Waals surface area (Å²) in [5, 5.41) is 10.6. The van der Waals surface area contributed by atoms with Crippen LogP contribution in [0.3, 0.4) is 0 Å². The number of phosphoric acid groups is 2. The first kappa shape index (κ1) is 91.1. The van der Waals surface area contributed by atoms with Gasteiger partial charge < -0.3 is 33.8 Å². The van der Waals surface area contributed by atoms with Crippen molar-refractivity contribution in [3.63, 3.8) is 0 Å². The van der Waals surface area contributed by atoms with Crippen LogP contribution in [0.1, 0.15) is 388 Å². The minimum atomic E-state index is -4.95. The number of aliphatic hydroxyl groups is 1. The molecule has 5 atom stereocenters. The fraction of sp³-hybridized carbons (Fsp3) is 0.946. The zero-order chi connectivity index (χ0) is 68.4. The number of ether oxygens (including phenoxy) is 4. The molecular weight excluding hydrogens is 1220 g/mol. The minimum absolute atomic E-state index is 0.104. The van der Waals surface area contributed by atoms with Gasteiger partial charge in [-0.3, -0.25) is 37.3 Å². The Bertz CT molecular complexity index is 1790. The highest BCUT2D eigenvalue weighted by Crippen LogP contribution is 2.45. The van der Waals surface area contributed by atoms with E-state index in [4.69, 9.17) is 37.0 Å². The molecule has 0 aromatic heterocycles. The monoisotopic (exact) mass is 1370 g/mol. The summed E-state index contributed by atoms with van der Waals surface area (Å²) < 4.78 is 68.1. The summed E-state index contributed by atoms with van der Waals surface area (Å²) in [6, 6.07) is 0.